The zero-order valence-electron chi connectivity index (χ0n) is 15.2. The number of aliphatic hydroxyl groups excluding tert-OH is 1. The minimum Gasteiger partial charge on any atom is -0.494 e. The molecule has 1 saturated heterocycles. The summed E-state index contributed by atoms with van der Waals surface area (Å²) in [4.78, 5) is 0. The van der Waals surface area contributed by atoms with Crippen LogP contribution in [0, 0.1) is 0 Å². The normalized spacial score (nSPS) is 23.0. The molecule has 3 rings (SSSR count). The summed E-state index contributed by atoms with van der Waals surface area (Å²) < 4.78 is 11.6. The van der Waals surface area contributed by atoms with E-state index < -0.39 is 6.10 Å². The SMILES string of the molecule is CCOc1ccc(Cc2cc(C3OC(SC)CCC3O)ccc2Cl)cc1. The predicted octanol–water partition coefficient (Wildman–Crippen LogP) is 5.23. The van der Waals surface area contributed by atoms with Crippen LogP contribution in [0.5, 0.6) is 5.75 Å². The fraction of sp³-hybridized carbons (Fsp3) is 0.429. The highest BCUT2D eigenvalue weighted by Gasteiger charge is 2.31. The van der Waals surface area contributed by atoms with E-state index in [9.17, 15) is 5.11 Å². The quantitative estimate of drug-likeness (QED) is 0.730. The molecule has 2 aromatic carbocycles. The van der Waals surface area contributed by atoms with Gasteiger partial charge < -0.3 is 14.6 Å². The second-order valence-electron chi connectivity index (χ2n) is 6.47. The van der Waals surface area contributed by atoms with Crippen LogP contribution in [0.4, 0.5) is 0 Å². The molecule has 1 fully saturated rings. The van der Waals surface area contributed by atoms with Crippen molar-refractivity contribution in [3.05, 3.63) is 64.2 Å². The standard InChI is InChI=1S/C21H25ClO3S/c1-3-24-17-7-4-14(5-8-17)12-16-13-15(6-9-18(16)22)21-19(23)10-11-20(25-21)26-2/h4-9,13,19-21,23H,3,10-12H2,1-2H3. The van der Waals surface area contributed by atoms with Crippen LogP contribution in [-0.2, 0) is 11.2 Å². The van der Waals surface area contributed by atoms with E-state index in [1.165, 1.54) is 5.56 Å². The van der Waals surface area contributed by atoms with Crippen molar-refractivity contribution in [1.82, 2.24) is 0 Å². The molecule has 1 heterocycles. The fourth-order valence-corrected chi connectivity index (χ4v) is 4.04. The number of aliphatic hydroxyl groups is 1. The average molecular weight is 393 g/mol. The van der Waals surface area contributed by atoms with Gasteiger partial charge in [-0.15, -0.1) is 11.8 Å². The van der Waals surface area contributed by atoms with Gasteiger partial charge in [0.25, 0.3) is 0 Å². The van der Waals surface area contributed by atoms with Crippen LogP contribution in [0.15, 0.2) is 42.5 Å². The number of ether oxygens (including phenoxy) is 2. The average Bonchev–Trinajstić information content (AvgIpc) is 2.66. The smallest absolute Gasteiger partial charge is 0.119 e. The van der Waals surface area contributed by atoms with Gasteiger partial charge in [-0.2, -0.15) is 0 Å². The Balaban J connectivity index is 1.78. The highest BCUT2D eigenvalue weighted by atomic mass is 35.5. The third-order valence-corrected chi connectivity index (χ3v) is 5.88. The maximum Gasteiger partial charge on any atom is 0.119 e. The molecule has 2 aromatic rings. The van der Waals surface area contributed by atoms with E-state index in [4.69, 9.17) is 21.1 Å². The Bertz CT molecular complexity index is 720. The minimum absolute atomic E-state index is 0.133. The van der Waals surface area contributed by atoms with E-state index >= 15 is 0 Å². The van der Waals surface area contributed by atoms with Crippen LogP contribution in [0.2, 0.25) is 5.02 Å². The minimum atomic E-state index is -0.474. The van der Waals surface area contributed by atoms with E-state index in [-0.39, 0.29) is 11.5 Å². The largest absolute Gasteiger partial charge is 0.494 e. The number of thioether (sulfide) groups is 1. The monoisotopic (exact) mass is 392 g/mol. The Morgan fingerprint density at radius 1 is 1.19 bits per heavy atom. The van der Waals surface area contributed by atoms with Gasteiger partial charge in [-0.05, 0) is 67.3 Å². The van der Waals surface area contributed by atoms with Crippen molar-refractivity contribution in [2.45, 2.75) is 43.8 Å². The van der Waals surface area contributed by atoms with Crippen LogP contribution in [0.3, 0.4) is 0 Å². The van der Waals surface area contributed by atoms with E-state index in [2.05, 4.69) is 18.2 Å². The first-order valence-corrected chi connectivity index (χ1v) is 10.6. The van der Waals surface area contributed by atoms with Crippen LogP contribution in [0.1, 0.15) is 42.6 Å². The van der Waals surface area contributed by atoms with E-state index in [1.807, 2.05) is 37.4 Å². The number of halogens is 1. The summed E-state index contributed by atoms with van der Waals surface area (Å²) in [5, 5.41) is 11.1. The summed E-state index contributed by atoms with van der Waals surface area (Å²) >= 11 is 8.12. The molecule has 140 valence electrons. The molecule has 0 radical (unpaired) electrons. The molecule has 0 saturated carbocycles. The van der Waals surface area contributed by atoms with Gasteiger partial charge in [-0.1, -0.05) is 35.9 Å². The molecule has 0 spiro atoms. The predicted molar refractivity (Wildman–Crippen MR) is 108 cm³/mol. The Labute approximate surface area is 164 Å². The molecule has 3 unspecified atom stereocenters. The molecular weight excluding hydrogens is 368 g/mol. The molecule has 1 aliphatic rings. The van der Waals surface area contributed by atoms with Gasteiger partial charge in [0.15, 0.2) is 0 Å². The molecule has 3 atom stereocenters. The van der Waals surface area contributed by atoms with Crippen molar-refractivity contribution in [2.75, 3.05) is 12.9 Å². The Morgan fingerprint density at radius 2 is 1.96 bits per heavy atom. The lowest BCUT2D eigenvalue weighted by molar-refractivity contribution is -0.0888. The summed E-state index contributed by atoms with van der Waals surface area (Å²) in [6.45, 7) is 2.64. The second-order valence-corrected chi connectivity index (χ2v) is 7.88. The Hall–Kier alpha value is -1.20. The van der Waals surface area contributed by atoms with Gasteiger partial charge in [0.1, 0.15) is 17.3 Å². The highest BCUT2D eigenvalue weighted by molar-refractivity contribution is 7.99. The molecule has 5 heteroatoms. The van der Waals surface area contributed by atoms with Gasteiger partial charge in [0.05, 0.1) is 12.7 Å². The van der Waals surface area contributed by atoms with Crippen molar-refractivity contribution in [2.24, 2.45) is 0 Å². The molecule has 0 bridgehead atoms. The topological polar surface area (TPSA) is 38.7 Å². The van der Waals surface area contributed by atoms with Gasteiger partial charge in [-0.3, -0.25) is 0 Å². The number of rotatable bonds is 6. The van der Waals surface area contributed by atoms with Crippen molar-refractivity contribution in [3.8, 4) is 5.75 Å². The summed E-state index contributed by atoms with van der Waals surface area (Å²) in [6.07, 6.45) is 3.64. The molecule has 3 nitrogen and oxygen atoms in total. The van der Waals surface area contributed by atoms with Crippen LogP contribution in [-0.4, -0.2) is 29.5 Å². The van der Waals surface area contributed by atoms with E-state index in [0.717, 1.165) is 41.2 Å². The van der Waals surface area contributed by atoms with Gasteiger partial charge in [0.2, 0.25) is 0 Å². The summed E-state index contributed by atoms with van der Waals surface area (Å²) in [6, 6.07) is 14.0. The van der Waals surface area contributed by atoms with Crippen LogP contribution in [0.25, 0.3) is 0 Å². The first-order chi connectivity index (χ1) is 12.6. The number of hydrogen-bond acceptors (Lipinski definition) is 4. The molecule has 0 aromatic heterocycles. The second kappa shape index (κ2) is 9.14. The van der Waals surface area contributed by atoms with E-state index in [0.29, 0.717) is 6.61 Å². The maximum absolute atomic E-state index is 10.4. The van der Waals surface area contributed by atoms with Crippen LogP contribution >= 0.6 is 23.4 Å². The molecule has 1 N–H and O–H groups in total. The Morgan fingerprint density at radius 3 is 2.65 bits per heavy atom. The highest BCUT2D eigenvalue weighted by Crippen LogP contribution is 2.36. The van der Waals surface area contributed by atoms with Crippen molar-refractivity contribution < 1.29 is 14.6 Å². The van der Waals surface area contributed by atoms with Crippen LogP contribution < -0.4 is 4.74 Å². The van der Waals surface area contributed by atoms with Crippen molar-refractivity contribution in [3.63, 3.8) is 0 Å². The lowest BCUT2D eigenvalue weighted by Gasteiger charge is -2.33. The van der Waals surface area contributed by atoms with Gasteiger partial charge >= 0.3 is 0 Å². The third kappa shape index (κ3) is 4.74. The Kier molecular flexibility index (Phi) is 6.87. The molecular formula is C21H25ClO3S. The third-order valence-electron chi connectivity index (χ3n) is 4.64. The van der Waals surface area contributed by atoms with E-state index in [1.54, 1.807) is 11.8 Å². The molecule has 0 aliphatic carbocycles. The van der Waals surface area contributed by atoms with Gasteiger partial charge in [-0.25, -0.2) is 0 Å². The summed E-state index contributed by atoms with van der Waals surface area (Å²) in [5.41, 5.74) is 3.32. The fourth-order valence-electron chi connectivity index (χ4n) is 3.25. The first kappa shape index (κ1) is 19.6. The maximum atomic E-state index is 10.4. The van der Waals surface area contributed by atoms with Gasteiger partial charge in [0, 0.05) is 5.02 Å². The number of benzene rings is 2. The first-order valence-electron chi connectivity index (χ1n) is 8.97. The molecule has 1 aliphatic heterocycles. The van der Waals surface area contributed by atoms with Crippen molar-refractivity contribution >= 4 is 23.4 Å². The number of hydrogen-bond donors (Lipinski definition) is 1. The molecule has 26 heavy (non-hydrogen) atoms. The zero-order valence-corrected chi connectivity index (χ0v) is 16.7. The zero-order chi connectivity index (χ0) is 18.5. The van der Waals surface area contributed by atoms with Crippen molar-refractivity contribution in [1.29, 1.82) is 0 Å². The molecule has 0 amide bonds. The summed E-state index contributed by atoms with van der Waals surface area (Å²) in [5.74, 6) is 0.873. The lowest BCUT2D eigenvalue weighted by atomic mass is 9.95. The lowest BCUT2D eigenvalue weighted by Crippen LogP contribution is -2.31. The summed E-state index contributed by atoms with van der Waals surface area (Å²) in [7, 11) is 0.